The van der Waals surface area contributed by atoms with Gasteiger partial charge in [0.25, 0.3) is 0 Å². The van der Waals surface area contributed by atoms with Crippen molar-refractivity contribution in [2.75, 3.05) is 20.8 Å². The van der Waals surface area contributed by atoms with E-state index >= 15 is 0 Å². The Balaban J connectivity index is 3.05. The van der Waals surface area contributed by atoms with Crippen LogP contribution in [0, 0.1) is 0 Å². The molecule has 0 amide bonds. The molecule has 3 N–H and O–H groups in total. The van der Waals surface area contributed by atoms with Crippen LogP contribution in [0.1, 0.15) is 18.0 Å². The van der Waals surface area contributed by atoms with Gasteiger partial charge in [0.2, 0.25) is 0 Å². The molecular weight excluding hydrogens is 194 g/mol. The number of rotatable bonds is 5. The standard InChI is InChI=1S/C11H17NO3/c1-14-10-5-3-4-8(11(10)15-2)9(12)6-7-13/h3-5,9,13H,6-7,12H2,1-2H3/t9-/m1/s1. The normalized spacial score (nSPS) is 12.3. The molecule has 0 unspecified atom stereocenters. The molecule has 0 aliphatic carbocycles. The Morgan fingerprint density at radius 2 is 2.07 bits per heavy atom. The van der Waals surface area contributed by atoms with Gasteiger partial charge in [-0.15, -0.1) is 0 Å². The molecule has 0 saturated carbocycles. The minimum atomic E-state index is -0.236. The van der Waals surface area contributed by atoms with Crippen LogP contribution in [0.3, 0.4) is 0 Å². The number of methoxy groups -OCH3 is 2. The lowest BCUT2D eigenvalue weighted by atomic mass is 10.0. The lowest BCUT2D eigenvalue weighted by molar-refractivity contribution is 0.274. The molecule has 0 radical (unpaired) electrons. The average Bonchev–Trinajstić information content (AvgIpc) is 2.28. The largest absolute Gasteiger partial charge is 0.493 e. The van der Waals surface area contributed by atoms with Crippen LogP contribution in [-0.4, -0.2) is 25.9 Å². The summed E-state index contributed by atoms with van der Waals surface area (Å²) in [4.78, 5) is 0. The Kier molecular flexibility index (Phi) is 4.39. The number of hydrogen-bond acceptors (Lipinski definition) is 4. The van der Waals surface area contributed by atoms with E-state index in [0.29, 0.717) is 17.9 Å². The van der Waals surface area contributed by atoms with Crippen LogP contribution in [0.5, 0.6) is 11.5 Å². The maximum atomic E-state index is 8.84. The molecule has 1 rings (SSSR count). The van der Waals surface area contributed by atoms with Crippen LogP contribution in [0.2, 0.25) is 0 Å². The van der Waals surface area contributed by atoms with Gasteiger partial charge in [0.05, 0.1) is 14.2 Å². The molecule has 84 valence electrons. The highest BCUT2D eigenvalue weighted by molar-refractivity contribution is 5.47. The number of aliphatic hydroxyl groups excluding tert-OH is 1. The van der Waals surface area contributed by atoms with Crippen molar-refractivity contribution in [3.05, 3.63) is 23.8 Å². The molecule has 0 bridgehead atoms. The van der Waals surface area contributed by atoms with Crippen LogP contribution in [0.25, 0.3) is 0 Å². The Bertz CT molecular complexity index is 315. The molecule has 0 heterocycles. The van der Waals surface area contributed by atoms with E-state index in [4.69, 9.17) is 20.3 Å². The van der Waals surface area contributed by atoms with Gasteiger partial charge in [-0.2, -0.15) is 0 Å². The first-order valence-electron chi connectivity index (χ1n) is 4.82. The van der Waals surface area contributed by atoms with Gasteiger partial charge < -0.3 is 20.3 Å². The van der Waals surface area contributed by atoms with E-state index in [1.807, 2.05) is 18.2 Å². The molecule has 15 heavy (non-hydrogen) atoms. The molecule has 1 aromatic rings. The van der Waals surface area contributed by atoms with Crippen LogP contribution in [0.15, 0.2) is 18.2 Å². The molecule has 0 saturated heterocycles. The fraction of sp³-hybridized carbons (Fsp3) is 0.455. The third-order valence-electron chi connectivity index (χ3n) is 2.27. The summed E-state index contributed by atoms with van der Waals surface area (Å²) in [5.74, 6) is 1.30. The van der Waals surface area contributed by atoms with Crippen LogP contribution in [0.4, 0.5) is 0 Å². The van der Waals surface area contributed by atoms with Gasteiger partial charge in [0.15, 0.2) is 11.5 Å². The van der Waals surface area contributed by atoms with Gasteiger partial charge in [-0.05, 0) is 12.5 Å². The van der Waals surface area contributed by atoms with Crippen molar-refractivity contribution in [3.63, 3.8) is 0 Å². The number of nitrogens with two attached hydrogens (primary N) is 1. The fourth-order valence-corrected chi connectivity index (χ4v) is 1.50. The van der Waals surface area contributed by atoms with Crippen LogP contribution >= 0.6 is 0 Å². The summed E-state index contributed by atoms with van der Waals surface area (Å²) >= 11 is 0. The fourth-order valence-electron chi connectivity index (χ4n) is 1.50. The van der Waals surface area contributed by atoms with Gasteiger partial charge in [0.1, 0.15) is 0 Å². The van der Waals surface area contributed by atoms with E-state index < -0.39 is 0 Å². The summed E-state index contributed by atoms with van der Waals surface area (Å²) < 4.78 is 10.4. The molecule has 0 fully saturated rings. The number of benzene rings is 1. The summed E-state index contributed by atoms with van der Waals surface area (Å²) in [6, 6.07) is 5.31. The van der Waals surface area contributed by atoms with Gasteiger partial charge in [-0.25, -0.2) is 0 Å². The molecule has 0 aliphatic heterocycles. The lowest BCUT2D eigenvalue weighted by Crippen LogP contribution is -2.13. The average molecular weight is 211 g/mol. The number of aliphatic hydroxyl groups is 1. The zero-order valence-corrected chi connectivity index (χ0v) is 9.06. The number of hydrogen-bond donors (Lipinski definition) is 2. The smallest absolute Gasteiger partial charge is 0.165 e. The third kappa shape index (κ3) is 2.61. The zero-order valence-electron chi connectivity index (χ0n) is 9.06. The highest BCUT2D eigenvalue weighted by Crippen LogP contribution is 2.34. The first kappa shape index (κ1) is 11.8. The van der Waals surface area contributed by atoms with E-state index in [9.17, 15) is 0 Å². The maximum Gasteiger partial charge on any atom is 0.165 e. The monoisotopic (exact) mass is 211 g/mol. The highest BCUT2D eigenvalue weighted by Gasteiger charge is 2.14. The lowest BCUT2D eigenvalue weighted by Gasteiger charge is -2.16. The van der Waals surface area contributed by atoms with Crippen molar-refractivity contribution >= 4 is 0 Å². The molecule has 4 heteroatoms. The zero-order chi connectivity index (χ0) is 11.3. The molecule has 0 aliphatic rings. The molecule has 4 nitrogen and oxygen atoms in total. The Morgan fingerprint density at radius 1 is 1.33 bits per heavy atom. The van der Waals surface area contributed by atoms with Gasteiger partial charge >= 0.3 is 0 Å². The topological polar surface area (TPSA) is 64.7 Å². The summed E-state index contributed by atoms with van der Waals surface area (Å²) in [5, 5.41) is 8.84. The SMILES string of the molecule is COc1cccc([C@H](N)CCO)c1OC. The van der Waals surface area contributed by atoms with Gasteiger partial charge in [0, 0.05) is 18.2 Å². The second kappa shape index (κ2) is 5.58. The molecule has 1 atom stereocenters. The second-order valence-corrected chi connectivity index (χ2v) is 3.20. The predicted molar refractivity (Wildman–Crippen MR) is 58.2 cm³/mol. The molecule has 1 aromatic carbocycles. The predicted octanol–water partition coefficient (Wildman–Crippen LogP) is 1.09. The Hall–Kier alpha value is -1.26. The Labute approximate surface area is 89.6 Å². The van der Waals surface area contributed by atoms with Crippen molar-refractivity contribution < 1.29 is 14.6 Å². The van der Waals surface area contributed by atoms with E-state index in [1.165, 1.54) is 0 Å². The minimum Gasteiger partial charge on any atom is -0.493 e. The summed E-state index contributed by atoms with van der Waals surface area (Å²) in [7, 11) is 3.16. The highest BCUT2D eigenvalue weighted by atomic mass is 16.5. The van der Waals surface area contributed by atoms with E-state index in [2.05, 4.69) is 0 Å². The van der Waals surface area contributed by atoms with Gasteiger partial charge in [-0.1, -0.05) is 12.1 Å². The van der Waals surface area contributed by atoms with Crippen molar-refractivity contribution in [3.8, 4) is 11.5 Å². The number of ether oxygens (including phenoxy) is 2. The molecule has 0 spiro atoms. The van der Waals surface area contributed by atoms with Crippen molar-refractivity contribution in [2.24, 2.45) is 5.73 Å². The second-order valence-electron chi connectivity index (χ2n) is 3.20. The van der Waals surface area contributed by atoms with E-state index in [-0.39, 0.29) is 12.6 Å². The maximum absolute atomic E-state index is 8.84. The first-order chi connectivity index (χ1) is 7.24. The first-order valence-corrected chi connectivity index (χ1v) is 4.82. The number of para-hydroxylation sites is 1. The molecule has 0 aromatic heterocycles. The van der Waals surface area contributed by atoms with E-state index in [1.54, 1.807) is 14.2 Å². The molecular formula is C11H17NO3. The van der Waals surface area contributed by atoms with Crippen molar-refractivity contribution in [2.45, 2.75) is 12.5 Å². The van der Waals surface area contributed by atoms with Crippen LogP contribution < -0.4 is 15.2 Å². The summed E-state index contributed by atoms with van der Waals surface area (Å²) in [6.07, 6.45) is 0.503. The van der Waals surface area contributed by atoms with Crippen molar-refractivity contribution in [1.82, 2.24) is 0 Å². The van der Waals surface area contributed by atoms with Crippen molar-refractivity contribution in [1.29, 1.82) is 0 Å². The Morgan fingerprint density at radius 3 is 2.60 bits per heavy atom. The summed E-state index contributed by atoms with van der Waals surface area (Å²) in [5.41, 5.74) is 6.76. The minimum absolute atomic E-state index is 0.0571. The third-order valence-corrected chi connectivity index (χ3v) is 2.27. The van der Waals surface area contributed by atoms with Crippen LogP contribution in [-0.2, 0) is 0 Å². The van der Waals surface area contributed by atoms with Gasteiger partial charge in [-0.3, -0.25) is 0 Å². The van der Waals surface area contributed by atoms with E-state index in [0.717, 1.165) is 5.56 Å². The summed E-state index contributed by atoms with van der Waals surface area (Å²) in [6.45, 7) is 0.0571. The quantitative estimate of drug-likeness (QED) is 0.765.